The van der Waals surface area contributed by atoms with Crippen molar-refractivity contribution < 1.29 is 4.39 Å². The zero-order valence-electron chi connectivity index (χ0n) is 12.2. The molecule has 0 saturated carbocycles. The maximum absolute atomic E-state index is 13.5. The third kappa shape index (κ3) is 2.53. The van der Waals surface area contributed by atoms with Gasteiger partial charge in [-0.15, -0.1) is 11.8 Å². The summed E-state index contributed by atoms with van der Waals surface area (Å²) in [5, 5.41) is 0. The number of pyridine rings is 1. The standard InChI is InChI=1S/C16H16FN3S/c1-4-21-14-8-11(17)5-6-12(14)15-19-13-7-10(2)9-18-16(13)20(15)3/h5-9H,4H2,1-3H3. The fraction of sp³-hybridized carbons (Fsp3) is 0.250. The maximum atomic E-state index is 13.5. The quantitative estimate of drug-likeness (QED) is 0.679. The van der Waals surface area contributed by atoms with E-state index in [1.54, 1.807) is 23.9 Å². The highest BCUT2D eigenvalue weighted by atomic mass is 32.2. The predicted octanol–water partition coefficient (Wildman–Crippen LogP) is 4.19. The first-order chi connectivity index (χ1) is 10.1. The Morgan fingerprint density at radius 2 is 2.10 bits per heavy atom. The molecule has 0 aliphatic heterocycles. The van der Waals surface area contributed by atoms with Crippen LogP contribution in [0.1, 0.15) is 12.5 Å². The van der Waals surface area contributed by atoms with Crippen molar-refractivity contribution in [1.82, 2.24) is 14.5 Å². The van der Waals surface area contributed by atoms with Gasteiger partial charge in [0, 0.05) is 23.7 Å². The third-order valence-corrected chi connectivity index (χ3v) is 4.27. The minimum atomic E-state index is -0.220. The summed E-state index contributed by atoms with van der Waals surface area (Å²) in [5.74, 6) is 1.49. The van der Waals surface area contributed by atoms with Crippen LogP contribution < -0.4 is 0 Å². The van der Waals surface area contributed by atoms with Gasteiger partial charge in [-0.25, -0.2) is 14.4 Å². The van der Waals surface area contributed by atoms with E-state index in [1.807, 2.05) is 30.8 Å². The predicted molar refractivity (Wildman–Crippen MR) is 85.0 cm³/mol. The van der Waals surface area contributed by atoms with Gasteiger partial charge in [-0.2, -0.15) is 0 Å². The van der Waals surface area contributed by atoms with Gasteiger partial charge in [0.15, 0.2) is 5.65 Å². The van der Waals surface area contributed by atoms with E-state index in [2.05, 4.69) is 16.9 Å². The van der Waals surface area contributed by atoms with Crippen molar-refractivity contribution in [2.75, 3.05) is 5.75 Å². The number of fused-ring (bicyclic) bond motifs is 1. The highest BCUT2D eigenvalue weighted by molar-refractivity contribution is 7.99. The second-order valence-electron chi connectivity index (χ2n) is 4.92. The highest BCUT2D eigenvalue weighted by Gasteiger charge is 2.15. The minimum Gasteiger partial charge on any atom is -0.312 e. The van der Waals surface area contributed by atoms with E-state index in [1.165, 1.54) is 6.07 Å². The summed E-state index contributed by atoms with van der Waals surface area (Å²) < 4.78 is 15.5. The van der Waals surface area contributed by atoms with E-state index >= 15 is 0 Å². The van der Waals surface area contributed by atoms with E-state index in [0.29, 0.717) is 0 Å². The van der Waals surface area contributed by atoms with Crippen LogP contribution in [0.25, 0.3) is 22.6 Å². The Morgan fingerprint density at radius 3 is 2.86 bits per heavy atom. The Kier molecular flexibility index (Phi) is 3.68. The Balaban J connectivity index is 2.22. The number of halogens is 1. The van der Waals surface area contributed by atoms with Gasteiger partial charge in [0.05, 0.1) is 0 Å². The second kappa shape index (κ2) is 5.48. The first-order valence-corrected chi connectivity index (χ1v) is 7.80. The maximum Gasteiger partial charge on any atom is 0.160 e. The van der Waals surface area contributed by atoms with E-state index in [0.717, 1.165) is 38.8 Å². The molecule has 0 saturated heterocycles. The number of aromatic nitrogens is 3. The number of aryl methyl sites for hydroxylation is 2. The average Bonchev–Trinajstić information content (AvgIpc) is 2.76. The molecule has 0 N–H and O–H groups in total. The molecule has 3 aromatic rings. The van der Waals surface area contributed by atoms with Gasteiger partial charge >= 0.3 is 0 Å². The van der Waals surface area contributed by atoms with Crippen molar-refractivity contribution in [3.8, 4) is 11.4 Å². The van der Waals surface area contributed by atoms with Crippen LogP contribution in [0.4, 0.5) is 4.39 Å². The molecule has 2 heterocycles. The molecule has 0 amide bonds. The Bertz CT molecular complexity index is 811. The fourth-order valence-electron chi connectivity index (χ4n) is 2.37. The topological polar surface area (TPSA) is 30.7 Å². The van der Waals surface area contributed by atoms with Crippen LogP contribution in [0.2, 0.25) is 0 Å². The zero-order chi connectivity index (χ0) is 15.0. The molecular formula is C16H16FN3S. The lowest BCUT2D eigenvalue weighted by atomic mass is 10.2. The van der Waals surface area contributed by atoms with Gasteiger partial charge in [-0.05, 0) is 42.5 Å². The normalized spacial score (nSPS) is 11.2. The lowest BCUT2D eigenvalue weighted by Crippen LogP contribution is -1.96. The summed E-state index contributed by atoms with van der Waals surface area (Å²) >= 11 is 1.62. The van der Waals surface area contributed by atoms with Gasteiger partial charge in [0.2, 0.25) is 0 Å². The van der Waals surface area contributed by atoms with E-state index in [-0.39, 0.29) is 5.82 Å². The molecule has 108 valence electrons. The van der Waals surface area contributed by atoms with E-state index in [9.17, 15) is 4.39 Å². The summed E-state index contributed by atoms with van der Waals surface area (Å²) in [4.78, 5) is 10.0. The minimum absolute atomic E-state index is 0.220. The summed E-state index contributed by atoms with van der Waals surface area (Å²) in [6.45, 7) is 4.05. The summed E-state index contributed by atoms with van der Waals surface area (Å²) in [6.07, 6.45) is 1.83. The summed E-state index contributed by atoms with van der Waals surface area (Å²) in [7, 11) is 1.94. The lowest BCUT2D eigenvalue weighted by molar-refractivity contribution is 0.624. The van der Waals surface area contributed by atoms with Crippen molar-refractivity contribution in [1.29, 1.82) is 0 Å². The largest absolute Gasteiger partial charge is 0.312 e. The van der Waals surface area contributed by atoms with Gasteiger partial charge in [0.1, 0.15) is 17.2 Å². The number of thioether (sulfide) groups is 1. The van der Waals surface area contributed by atoms with Crippen LogP contribution in [0.5, 0.6) is 0 Å². The number of imidazole rings is 1. The summed E-state index contributed by atoms with van der Waals surface area (Å²) in [6, 6.07) is 6.86. The SMILES string of the molecule is CCSc1cc(F)ccc1-c1nc2cc(C)cnc2n1C. The molecule has 0 aliphatic rings. The molecule has 5 heteroatoms. The van der Waals surface area contributed by atoms with Crippen molar-refractivity contribution in [3.05, 3.63) is 41.8 Å². The Morgan fingerprint density at radius 1 is 1.29 bits per heavy atom. The van der Waals surface area contributed by atoms with Crippen LogP contribution in [0.3, 0.4) is 0 Å². The van der Waals surface area contributed by atoms with Crippen LogP contribution >= 0.6 is 11.8 Å². The third-order valence-electron chi connectivity index (χ3n) is 3.33. The van der Waals surface area contributed by atoms with Crippen LogP contribution in [-0.2, 0) is 7.05 Å². The number of hydrogen-bond acceptors (Lipinski definition) is 3. The molecule has 1 aromatic carbocycles. The Labute approximate surface area is 127 Å². The highest BCUT2D eigenvalue weighted by Crippen LogP contribution is 2.32. The summed E-state index contributed by atoms with van der Waals surface area (Å²) in [5.41, 5.74) is 3.73. The molecule has 2 aromatic heterocycles. The van der Waals surface area contributed by atoms with Gasteiger partial charge in [-0.3, -0.25) is 0 Å². The first kappa shape index (κ1) is 14.1. The molecule has 0 atom stereocenters. The first-order valence-electron chi connectivity index (χ1n) is 6.82. The van der Waals surface area contributed by atoms with Crippen LogP contribution in [0, 0.1) is 12.7 Å². The van der Waals surface area contributed by atoms with Crippen LogP contribution in [0.15, 0.2) is 35.4 Å². The number of nitrogens with zero attached hydrogens (tertiary/aromatic N) is 3. The molecular weight excluding hydrogens is 285 g/mol. The van der Waals surface area contributed by atoms with Crippen molar-refractivity contribution in [2.24, 2.45) is 7.05 Å². The monoisotopic (exact) mass is 301 g/mol. The van der Waals surface area contributed by atoms with Crippen LogP contribution in [-0.4, -0.2) is 20.3 Å². The van der Waals surface area contributed by atoms with Crippen molar-refractivity contribution in [3.63, 3.8) is 0 Å². The molecule has 0 bridgehead atoms. The van der Waals surface area contributed by atoms with Gasteiger partial charge in [0.25, 0.3) is 0 Å². The van der Waals surface area contributed by atoms with E-state index in [4.69, 9.17) is 0 Å². The number of benzene rings is 1. The molecule has 3 nitrogen and oxygen atoms in total. The lowest BCUT2D eigenvalue weighted by Gasteiger charge is -2.08. The van der Waals surface area contributed by atoms with Crippen molar-refractivity contribution in [2.45, 2.75) is 18.7 Å². The zero-order valence-corrected chi connectivity index (χ0v) is 13.0. The van der Waals surface area contributed by atoms with Gasteiger partial charge < -0.3 is 4.57 Å². The van der Waals surface area contributed by atoms with Crippen molar-refractivity contribution >= 4 is 22.9 Å². The second-order valence-corrected chi connectivity index (χ2v) is 6.23. The van der Waals surface area contributed by atoms with Gasteiger partial charge in [-0.1, -0.05) is 6.92 Å². The smallest absolute Gasteiger partial charge is 0.160 e. The fourth-order valence-corrected chi connectivity index (χ4v) is 3.20. The molecule has 21 heavy (non-hydrogen) atoms. The number of hydrogen-bond donors (Lipinski definition) is 0. The molecule has 0 radical (unpaired) electrons. The Hall–Kier alpha value is -1.88. The van der Waals surface area contributed by atoms with E-state index < -0.39 is 0 Å². The molecule has 0 aliphatic carbocycles. The molecule has 3 rings (SSSR count). The molecule has 0 spiro atoms. The molecule has 0 unspecified atom stereocenters. The molecule has 0 fully saturated rings. The number of rotatable bonds is 3. The average molecular weight is 301 g/mol.